The molecule has 0 aliphatic carbocycles. The third-order valence-electron chi connectivity index (χ3n) is 3.51. The lowest BCUT2D eigenvalue weighted by Gasteiger charge is -2.06. The van der Waals surface area contributed by atoms with Crippen molar-refractivity contribution >= 4 is 17.7 Å². The number of ketones is 1. The Morgan fingerprint density at radius 3 is 1.43 bits per heavy atom. The summed E-state index contributed by atoms with van der Waals surface area (Å²) in [6, 6.07) is 0. The highest BCUT2D eigenvalue weighted by molar-refractivity contribution is 5.85. The van der Waals surface area contributed by atoms with Gasteiger partial charge in [0.25, 0.3) is 0 Å². The summed E-state index contributed by atoms with van der Waals surface area (Å²) in [4.78, 5) is 34.3. The number of carbonyl (C=O) groups is 3. The predicted molar refractivity (Wildman–Crippen MR) is 89.1 cm³/mol. The number of rotatable bonds is 15. The average Bonchev–Trinajstić information content (AvgIpc) is 2.54. The minimum absolute atomic E-state index is 0.309. The predicted octanol–water partition coefficient (Wildman–Crippen LogP) is 3.97. The lowest BCUT2D eigenvalue weighted by molar-refractivity contribution is -0.153. The lowest BCUT2D eigenvalue weighted by atomic mass is 10.1. The van der Waals surface area contributed by atoms with E-state index in [1.807, 2.05) is 0 Å². The molecule has 23 heavy (non-hydrogen) atoms. The van der Waals surface area contributed by atoms with Gasteiger partial charge in [0.2, 0.25) is 5.78 Å². The standard InChI is InChI=1S/C18H32O5/c1-3-5-7-9-11-13-18(21)23-15-16(19)14-22-17(20)12-10-8-6-4-2/h3-15H2,1-2H3. The zero-order valence-electron chi connectivity index (χ0n) is 14.7. The van der Waals surface area contributed by atoms with E-state index in [0.29, 0.717) is 12.8 Å². The van der Waals surface area contributed by atoms with Crippen LogP contribution in [0.3, 0.4) is 0 Å². The first kappa shape index (κ1) is 21.6. The van der Waals surface area contributed by atoms with Crippen LogP contribution in [-0.2, 0) is 23.9 Å². The van der Waals surface area contributed by atoms with Crippen LogP contribution in [0.25, 0.3) is 0 Å². The molecular weight excluding hydrogens is 296 g/mol. The number of carbonyl (C=O) groups excluding carboxylic acids is 3. The van der Waals surface area contributed by atoms with Crippen LogP contribution in [0.1, 0.15) is 84.5 Å². The topological polar surface area (TPSA) is 69.7 Å². The molecule has 0 unspecified atom stereocenters. The van der Waals surface area contributed by atoms with Crippen molar-refractivity contribution in [2.24, 2.45) is 0 Å². The zero-order chi connectivity index (χ0) is 17.3. The fourth-order valence-corrected chi connectivity index (χ4v) is 2.08. The Hall–Kier alpha value is -1.39. The minimum atomic E-state index is -0.383. The highest BCUT2D eigenvalue weighted by atomic mass is 16.6. The second kappa shape index (κ2) is 15.5. The van der Waals surface area contributed by atoms with Crippen molar-refractivity contribution in [1.29, 1.82) is 0 Å². The molecule has 0 amide bonds. The zero-order valence-corrected chi connectivity index (χ0v) is 14.7. The number of esters is 2. The second-order valence-corrected chi connectivity index (χ2v) is 5.83. The molecule has 0 heterocycles. The van der Waals surface area contributed by atoms with Gasteiger partial charge in [-0.05, 0) is 12.8 Å². The van der Waals surface area contributed by atoms with Gasteiger partial charge in [-0.1, -0.05) is 58.8 Å². The number of hydrogen-bond donors (Lipinski definition) is 0. The fraction of sp³-hybridized carbons (Fsp3) is 0.833. The molecule has 0 aliphatic heterocycles. The first-order valence-corrected chi connectivity index (χ1v) is 8.93. The van der Waals surface area contributed by atoms with E-state index >= 15 is 0 Å². The molecule has 0 N–H and O–H groups in total. The van der Waals surface area contributed by atoms with Crippen LogP contribution in [0.5, 0.6) is 0 Å². The van der Waals surface area contributed by atoms with Crippen LogP contribution >= 0.6 is 0 Å². The molecule has 0 bridgehead atoms. The molecule has 0 aromatic heterocycles. The van der Waals surface area contributed by atoms with E-state index in [2.05, 4.69) is 13.8 Å². The number of ether oxygens (including phenoxy) is 2. The summed E-state index contributed by atoms with van der Waals surface area (Å²) in [7, 11) is 0. The Morgan fingerprint density at radius 1 is 0.609 bits per heavy atom. The minimum Gasteiger partial charge on any atom is -0.458 e. The Balaban J connectivity index is 3.54. The summed E-state index contributed by atoms with van der Waals surface area (Å²) >= 11 is 0. The van der Waals surface area contributed by atoms with Gasteiger partial charge in [0.15, 0.2) is 13.2 Å². The molecule has 134 valence electrons. The lowest BCUT2D eigenvalue weighted by Crippen LogP contribution is -2.20. The van der Waals surface area contributed by atoms with E-state index in [0.717, 1.165) is 51.4 Å². The highest BCUT2D eigenvalue weighted by Gasteiger charge is 2.10. The smallest absolute Gasteiger partial charge is 0.306 e. The number of hydrogen-bond acceptors (Lipinski definition) is 5. The molecule has 0 fully saturated rings. The maximum Gasteiger partial charge on any atom is 0.306 e. The summed E-state index contributed by atoms with van der Waals surface area (Å²) < 4.78 is 9.74. The molecule has 0 rings (SSSR count). The maximum atomic E-state index is 11.5. The first-order chi connectivity index (χ1) is 11.1. The summed E-state index contributed by atoms with van der Waals surface area (Å²) in [6.07, 6.45) is 9.93. The van der Waals surface area contributed by atoms with E-state index in [9.17, 15) is 14.4 Å². The van der Waals surface area contributed by atoms with E-state index in [-0.39, 0.29) is 30.9 Å². The van der Waals surface area contributed by atoms with E-state index in [4.69, 9.17) is 9.47 Å². The van der Waals surface area contributed by atoms with Crippen molar-refractivity contribution < 1.29 is 23.9 Å². The quantitative estimate of drug-likeness (QED) is 0.336. The Morgan fingerprint density at radius 2 is 1.00 bits per heavy atom. The SMILES string of the molecule is CCCCCCCC(=O)OCC(=O)COC(=O)CCCCCC. The molecule has 0 spiro atoms. The van der Waals surface area contributed by atoms with Crippen molar-refractivity contribution in [1.82, 2.24) is 0 Å². The molecule has 5 nitrogen and oxygen atoms in total. The molecule has 0 aliphatic rings. The van der Waals surface area contributed by atoms with Crippen LogP contribution in [0, 0.1) is 0 Å². The summed E-state index contributed by atoms with van der Waals surface area (Å²) in [5, 5.41) is 0. The van der Waals surface area contributed by atoms with Gasteiger partial charge in [-0.3, -0.25) is 14.4 Å². The summed E-state index contributed by atoms with van der Waals surface area (Å²) in [6.45, 7) is 3.62. The van der Waals surface area contributed by atoms with Gasteiger partial charge < -0.3 is 9.47 Å². The van der Waals surface area contributed by atoms with Gasteiger partial charge in [-0.2, -0.15) is 0 Å². The van der Waals surface area contributed by atoms with Crippen molar-refractivity contribution in [2.75, 3.05) is 13.2 Å². The van der Waals surface area contributed by atoms with Crippen molar-refractivity contribution in [2.45, 2.75) is 84.5 Å². The summed E-state index contributed by atoms with van der Waals surface area (Å²) in [5.41, 5.74) is 0. The first-order valence-electron chi connectivity index (χ1n) is 8.93. The van der Waals surface area contributed by atoms with Gasteiger partial charge in [0.1, 0.15) is 0 Å². The fourth-order valence-electron chi connectivity index (χ4n) is 2.08. The molecule has 0 aromatic rings. The van der Waals surface area contributed by atoms with E-state index in [1.54, 1.807) is 0 Å². The molecule has 0 radical (unpaired) electrons. The molecule has 0 aromatic carbocycles. The molecular formula is C18H32O5. The third kappa shape index (κ3) is 15.3. The highest BCUT2D eigenvalue weighted by Crippen LogP contribution is 2.06. The molecule has 5 heteroatoms. The van der Waals surface area contributed by atoms with Gasteiger partial charge in [-0.25, -0.2) is 0 Å². The van der Waals surface area contributed by atoms with Gasteiger partial charge in [0.05, 0.1) is 0 Å². The molecule has 0 atom stereocenters. The molecule has 0 saturated heterocycles. The van der Waals surface area contributed by atoms with E-state index < -0.39 is 0 Å². The monoisotopic (exact) mass is 328 g/mol. The maximum absolute atomic E-state index is 11.5. The van der Waals surface area contributed by atoms with Crippen molar-refractivity contribution in [3.63, 3.8) is 0 Å². The van der Waals surface area contributed by atoms with Crippen LogP contribution in [0.2, 0.25) is 0 Å². The second-order valence-electron chi connectivity index (χ2n) is 5.83. The number of unbranched alkanes of at least 4 members (excludes halogenated alkanes) is 7. The Bertz CT molecular complexity index is 338. The Kier molecular flexibility index (Phi) is 14.6. The van der Waals surface area contributed by atoms with Gasteiger partial charge in [0, 0.05) is 12.8 Å². The van der Waals surface area contributed by atoms with Crippen LogP contribution in [0.4, 0.5) is 0 Å². The molecule has 0 saturated carbocycles. The van der Waals surface area contributed by atoms with E-state index in [1.165, 1.54) is 6.42 Å². The van der Waals surface area contributed by atoms with Crippen LogP contribution in [-0.4, -0.2) is 30.9 Å². The number of Topliss-reactive ketones (excluding diaryl/α,β-unsaturated/α-hetero) is 1. The third-order valence-corrected chi connectivity index (χ3v) is 3.51. The van der Waals surface area contributed by atoms with Crippen LogP contribution < -0.4 is 0 Å². The Labute approximate surface area is 140 Å². The summed E-state index contributed by atoms with van der Waals surface area (Å²) in [5.74, 6) is -1.11. The van der Waals surface area contributed by atoms with Gasteiger partial charge in [-0.15, -0.1) is 0 Å². The largest absolute Gasteiger partial charge is 0.458 e. The van der Waals surface area contributed by atoms with Crippen molar-refractivity contribution in [3.8, 4) is 0 Å². The average molecular weight is 328 g/mol. The van der Waals surface area contributed by atoms with Crippen molar-refractivity contribution in [3.05, 3.63) is 0 Å². The van der Waals surface area contributed by atoms with Gasteiger partial charge >= 0.3 is 11.9 Å². The van der Waals surface area contributed by atoms with Crippen LogP contribution in [0.15, 0.2) is 0 Å². The normalized spacial score (nSPS) is 10.3.